The molecule has 0 saturated heterocycles. The minimum absolute atomic E-state index is 0.449. The fourth-order valence-electron chi connectivity index (χ4n) is 1.56. The second-order valence-electron chi connectivity index (χ2n) is 3.87. The van der Waals surface area contributed by atoms with Gasteiger partial charge in [0.05, 0.1) is 30.1 Å². The van der Waals surface area contributed by atoms with Crippen molar-refractivity contribution in [3.63, 3.8) is 0 Å². The van der Waals surface area contributed by atoms with E-state index in [1.54, 1.807) is 36.4 Å². The lowest BCUT2D eigenvalue weighted by molar-refractivity contribution is 0.379. The van der Waals surface area contributed by atoms with Gasteiger partial charge in [-0.2, -0.15) is 5.26 Å². The van der Waals surface area contributed by atoms with Crippen molar-refractivity contribution < 1.29 is 9.47 Å². The van der Waals surface area contributed by atoms with Crippen LogP contribution in [0.25, 0.3) is 0 Å². The maximum atomic E-state index is 8.83. The van der Waals surface area contributed by atoms with Crippen molar-refractivity contribution in [3.8, 4) is 23.3 Å². The van der Waals surface area contributed by atoms with Gasteiger partial charge in [0.1, 0.15) is 5.75 Å². The number of hydrogen-bond donors (Lipinski definition) is 2. The van der Waals surface area contributed by atoms with Gasteiger partial charge >= 0.3 is 0 Å². The molecule has 0 aliphatic carbocycles. The lowest BCUT2D eigenvalue weighted by Gasteiger charge is -2.11. The van der Waals surface area contributed by atoms with Crippen LogP contribution in [-0.2, 0) is 0 Å². The predicted octanol–water partition coefficient (Wildman–Crippen LogP) is 2.52. The van der Waals surface area contributed by atoms with E-state index in [0.717, 1.165) is 0 Å². The average Bonchev–Trinajstić information content (AvgIpc) is 2.43. The molecule has 0 aromatic heterocycles. The van der Waals surface area contributed by atoms with Gasteiger partial charge in [0.15, 0.2) is 11.5 Å². The summed E-state index contributed by atoms with van der Waals surface area (Å²) >= 11 is 0. The van der Waals surface area contributed by atoms with Crippen LogP contribution in [0.4, 0.5) is 11.4 Å². The Kier molecular flexibility index (Phi) is 3.44. The van der Waals surface area contributed by atoms with Gasteiger partial charge in [-0.1, -0.05) is 0 Å². The van der Waals surface area contributed by atoms with Crippen molar-refractivity contribution in [1.29, 1.82) is 5.26 Å². The number of nitrogens with zero attached hydrogens (tertiary/aromatic N) is 1. The predicted molar refractivity (Wildman–Crippen MR) is 73.0 cm³/mol. The zero-order valence-corrected chi connectivity index (χ0v) is 10.4. The lowest BCUT2D eigenvalue weighted by atomic mass is 10.2. The standard InChI is InChI=1S/C14H13N3O2/c1-18-14-6-9(8-15)2-5-13(14)19-10-3-4-11(16)12(17)7-10/h2-7H,16-17H2,1H3. The molecule has 96 valence electrons. The van der Waals surface area contributed by atoms with Gasteiger partial charge in [-0.05, 0) is 24.3 Å². The summed E-state index contributed by atoms with van der Waals surface area (Å²) in [6.45, 7) is 0. The van der Waals surface area contributed by atoms with E-state index in [1.807, 2.05) is 6.07 Å². The van der Waals surface area contributed by atoms with Gasteiger partial charge in [-0.25, -0.2) is 0 Å². The highest BCUT2D eigenvalue weighted by molar-refractivity contribution is 5.65. The number of rotatable bonds is 3. The highest BCUT2D eigenvalue weighted by atomic mass is 16.5. The van der Waals surface area contributed by atoms with Gasteiger partial charge in [0, 0.05) is 12.1 Å². The third kappa shape index (κ3) is 2.69. The van der Waals surface area contributed by atoms with Crippen LogP contribution in [0.15, 0.2) is 36.4 Å². The summed E-state index contributed by atoms with van der Waals surface area (Å²) < 4.78 is 10.8. The van der Waals surface area contributed by atoms with Crippen LogP contribution in [0.1, 0.15) is 5.56 Å². The maximum Gasteiger partial charge on any atom is 0.169 e. The molecule has 4 N–H and O–H groups in total. The molecular weight excluding hydrogens is 242 g/mol. The Morgan fingerprint density at radius 2 is 1.79 bits per heavy atom. The molecule has 2 aromatic rings. The molecule has 19 heavy (non-hydrogen) atoms. The Morgan fingerprint density at radius 3 is 2.42 bits per heavy atom. The zero-order chi connectivity index (χ0) is 13.8. The molecule has 0 spiro atoms. The molecule has 0 saturated carbocycles. The summed E-state index contributed by atoms with van der Waals surface area (Å²) in [7, 11) is 1.51. The highest BCUT2D eigenvalue weighted by Gasteiger charge is 2.07. The minimum Gasteiger partial charge on any atom is -0.493 e. The van der Waals surface area contributed by atoms with Crippen molar-refractivity contribution in [3.05, 3.63) is 42.0 Å². The van der Waals surface area contributed by atoms with Crippen LogP contribution in [0.3, 0.4) is 0 Å². The summed E-state index contributed by atoms with van der Waals surface area (Å²) in [5.74, 6) is 1.54. The summed E-state index contributed by atoms with van der Waals surface area (Å²) in [6.07, 6.45) is 0. The smallest absolute Gasteiger partial charge is 0.169 e. The van der Waals surface area contributed by atoms with Crippen molar-refractivity contribution >= 4 is 11.4 Å². The Bertz CT molecular complexity index is 648. The molecule has 0 heterocycles. The van der Waals surface area contributed by atoms with Crippen LogP contribution < -0.4 is 20.9 Å². The van der Waals surface area contributed by atoms with Crippen LogP contribution >= 0.6 is 0 Å². The molecule has 0 aliphatic rings. The lowest BCUT2D eigenvalue weighted by Crippen LogP contribution is -1.96. The molecular formula is C14H13N3O2. The number of benzene rings is 2. The Balaban J connectivity index is 2.32. The topological polar surface area (TPSA) is 94.3 Å². The van der Waals surface area contributed by atoms with E-state index >= 15 is 0 Å². The van der Waals surface area contributed by atoms with Crippen LogP contribution in [0, 0.1) is 11.3 Å². The van der Waals surface area contributed by atoms with Gasteiger partial charge in [-0.15, -0.1) is 0 Å². The summed E-state index contributed by atoms with van der Waals surface area (Å²) in [5.41, 5.74) is 12.8. The van der Waals surface area contributed by atoms with Crippen molar-refractivity contribution in [2.75, 3.05) is 18.6 Å². The zero-order valence-electron chi connectivity index (χ0n) is 10.4. The normalized spacial score (nSPS) is 9.68. The molecule has 0 atom stereocenters. The van der Waals surface area contributed by atoms with Gasteiger partial charge in [0.25, 0.3) is 0 Å². The first kappa shape index (κ1) is 12.6. The SMILES string of the molecule is COc1cc(C#N)ccc1Oc1ccc(N)c(N)c1. The maximum absolute atomic E-state index is 8.83. The van der Waals surface area contributed by atoms with E-state index < -0.39 is 0 Å². The van der Waals surface area contributed by atoms with Gasteiger partial charge in [-0.3, -0.25) is 0 Å². The number of nitriles is 1. The Morgan fingerprint density at radius 1 is 1.00 bits per heavy atom. The molecule has 0 radical (unpaired) electrons. The third-order valence-electron chi connectivity index (χ3n) is 2.58. The number of methoxy groups -OCH3 is 1. The highest BCUT2D eigenvalue weighted by Crippen LogP contribution is 2.33. The monoisotopic (exact) mass is 255 g/mol. The van der Waals surface area contributed by atoms with Crippen molar-refractivity contribution in [2.45, 2.75) is 0 Å². The first-order valence-electron chi connectivity index (χ1n) is 5.55. The number of anilines is 2. The van der Waals surface area contributed by atoms with Crippen LogP contribution in [-0.4, -0.2) is 7.11 Å². The average molecular weight is 255 g/mol. The molecule has 5 heteroatoms. The van der Waals surface area contributed by atoms with Crippen molar-refractivity contribution in [1.82, 2.24) is 0 Å². The molecule has 0 amide bonds. The van der Waals surface area contributed by atoms with Gasteiger partial charge < -0.3 is 20.9 Å². The Labute approximate surface area is 111 Å². The largest absolute Gasteiger partial charge is 0.493 e. The molecule has 2 rings (SSSR count). The molecule has 0 fully saturated rings. The first-order valence-corrected chi connectivity index (χ1v) is 5.55. The first-order chi connectivity index (χ1) is 9.13. The van der Waals surface area contributed by atoms with E-state index in [9.17, 15) is 0 Å². The van der Waals surface area contributed by atoms with Gasteiger partial charge in [0.2, 0.25) is 0 Å². The van der Waals surface area contributed by atoms with E-state index in [4.69, 9.17) is 26.2 Å². The van der Waals surface area contributed by atoms with E-state index in [-0.39, 0.29) is 0 Å². The fraction of sp³-hybridized carbons (Fsp3) is 0.0714. The minimum atomic E-state index is 0.449. The van der Waals surface area contributed by atoms with E-state index in [1.165, 1.54) is 7.11 Å². The molecule has 5 nitrogen and oxygen atoms in total. The molecule has 0 aliphatic heterocycles. The molecule has 0 bridgehead atoms. The number of ether oxygens (including phenoxy) is 2. The van der Waals surface area contributed by atoms with E-state index in [2.05, 4.69) is 0 Å². The van der Waals surface area contributed by atoms with E-state index in [0.29, 0.717) is 34.2 Å². The van der Waals surface area contributed by atoms with Crippen LogP contribution in [0.5, 0.6) is 17.2 Å². The van der Waals surface area contributed by atoms with Crippen LogP contribution in [0.2, 0.25) is 0 Å². The molecule has 0 unspecified atom stereocenters. The summed E-state index contributed by atoms with van der Waals surface area (Å²) in [6, 6.07) is 12.0. The second kappa shape index (κ2) is 5.19. The molecule has 2 aromatic carbocycles. The summed E-state index contributed by atoms with van der Waals surface area (Å²) in [5, 5.41) is 8.83. The number of hydrogen-bond acceptors (Lipinski definition) is 5. The number of nitrogen functional groups attached to an aromatic ring is 2. The Hall–Kier alpha value is -2.87. The summed E-state index contributed by atoms with van der Waals surface area (Å²) in [4.78, 5) is 0. The number of nitrogens with two attached hydrogens (primary N) is 2. The second-order valence-corrected chi connectivity index (χ2v) is 3.87. The van der Waals surface area contributed by atoms with Crippen molar-refractivity contribution in [2.24, 2.45) is 0 Å². The third-order valence-corrected chi connectivity index (χ3v) is 2.58. The quantitative estimate of drug-likeness (QED) is 0.822. The fourth-order valence-corrected chi connectivity index (χ4v) is 1.56.